The van der Waals surface area contributed by atoms with E-state index >= 15 is 0 Å². The summed E-state index contributed by atoms with van der Waals surface area (Å²) in [4.78, 5) is 31.9. The first-order valence-corrected chi connectivity index (χ1v) is 13.5. The van der Waals surface area contributed by atoms with Crippen LogP contribution in [0.3, 0.4) is 0 Å². The highest BCUT2D eigenvalue weighted by atomic mass is 16.3. The minimum atomic E-state index is 0.0488. The molecule has 5 heterocycles. The smallest absolute Gasteiger partial charge is 0.276 e. The van der Waals surface area contributed by atoms with Gasteiger partial charge in [0.1, 0.15) is 5.76 Å². The van der Waals surface area contributed by atoms with Gasteiger partial charge in [-0.2, -0.15) is 0 Å². The van der Waals surface area contributed by atoms with Gasteiger partial charge in [-0.05, 0) is 43.2 Å². The number of benzene rings is 1. The van der Waals surface area contributed by atoms with Gasteiger partial charge in [-0.3, -0.25) is 14.1 Å². The number of piperazine rings is 1. The predicted octanol–water partition coefficient (Wildman–Crippen LogP) is 4.87. The van der Waals surface area contributed by atoms with Crippen LogP contribution in [0, 0.1) is 0 Å². The van der Waals surface area contributed by atoms with E-state index in [1.807, 2.05) is 6.07 Å². The molecule has 8 heteroatoms. The Kier molecular flexibility index (Phi) is 5.39. The maximum Gasteiger partial charge on any atom is 0.276 e. The average Bonchev–Trinajstić information content (AvgIpc) is 3.42. The average molecular weight is 497 g/mol. The molecule has 3 fully saturated rings. The first kappa shape index (κ1) is 22.7. The van der Waals surface area contributed by atoms with Crippen LogP contribution in [-0.4, -0.2) is 60.2 Å². The highest BCUT2D eigenvalue weighted by Crippen LogP contribution is 2.42. The molecule has 1 aliphatic carbocycles. The van der Waals surface area contributed by atoms with Crippen LogP contribution in [-0.2, 0) is 6.54 Å². The second-order valence-corrected chi connectivity index (χ2v) is 11.1. The molecule has 2 saturated heterocycles. The lowest BCUT2D eigenvalue weighted by Crippen LogP contribution is -2.55. The fraction of sp³-hybridized carbons (Fsp3) is 0.448. The van der Waals surface area contributed by atoms with Crippen molar-refractivity contribution < 1.29 is 9.21 Å². The minimum Gasteiger partial charge on any atom is -0.447 e. The van der Waals surface area contributed by atoms with Crippen molar-refractivity contribution >= 4 is 11.7 Å². The summed E-state index contributed by atoms with van der Waals surface area (Å²) in [6, 6.07) is 11.1. The number of hydrogen-bond donors (Lipinski definition) is 0. The number of carbonyl (C=O) groups excluding carboxylic acids is 1. The molecule has 0 radical (unpaired) electrons. The summed E-state index contributed by atoms with van der Waals surface area (Å²) in [6.45, 7) is 6.88. The van der Waals surface area contributed by atoms with Gasteiger partial charge in [0.25, 0.3) is 5.91 Å². The number of carbonyl (C=O) groups is 1. The quantitative estimate of drug-likeness (QED) is 0.379. The van der Waals surface area contributed by atoms with Gasteiger partial charge < -0.3 is 9.32 Å². The maximum atomic E-state index is 13.6. The van der Waals surface area contributed by atoms with Crippen LogP contribution in [0.25, 0.3) is 17.0 Å². The first-order chi connectivity index (χ1) is 18.1. The minimum absolute atomic E-state index is 0.0488. The number of likely N-dealkylation sites (tertiary alicyclic amines) is 1. The predicted molar refractivity (Wildman–Crippen MR) is 139 cm³/mol. The molecule has 4 aromatic rings. The molecule has 2 aliphatic heterocycles. The van der Waals surface area contributed by atoms with E-state index in [9.17, 15) is 4.79 Å². The summed E-state index contributed by atoms with van der Waals surface area (Å²) < 4.78 is 7.73. The van der Waals surface area contributed by atoms with Crippen LogP contribution >= 0.6 is 0 Å². The van der Waals surface area contributed by atoms with Crippen LogP contribution in [0.5, 0.6) is 0 Å². The Labute approximate surface area is 216 Å². The fourth-order valence-electron chi connectivity index (χ4n) is 6.18. The zero-order valence-electron chi connectivity index (χ0n) is 21.4. The summed E-state index contributed by atoms with van der Waals surface area (Å²) >= 11 is 0. The van der Waals surface area contributed by atoms with Crippen LogP contribution in [0.4, 0.5) is 0 Å². The third-order valence-electron chi connectivity index (χ3n) is 8.26. The third kappa shape index (κ3) is 3.94. The Morgan fingerprint density at radius 2 is 1.81 bits per heavy atom. The molecule has 3 aromatic heterocycles. The third-order valence-corrected chi connectivity index (χ3v) is 8.26. The van der Waals surface area contributed by atoms with Gasteiger partial charge in [0, 0.05) is 55.6 Å². The van der Waals surface area contributed by atoms with Crippen molar-refractivity contribution in [2.45, 2.75) is 70.0 Å². The van der Waals surface area contributed by atoms with Crippen molar-refractivity contribution in [2.24, 2.45) is 0 Å². The van der Waals surface area contributed by atoms with E-state index in [0.717, 1.165) is 73.8 Å². The van der Waals surface area contributed by atoms with Gasteiger partial charge >= 0.3 is 0 Å². The van der Waals surface area contributed by atoms with Crippen molar-refractivity contribution in [3.05, 3.63) is 71.8 Å². The molecule has 2 atom stereocenters. The summed E-state index contributed by atoms with van der Waals surface area (Å²) in [5.41, 5.74) is 5.10. The molecule has 3 aliphatic rings. The number of hydrogen-bond acceptors (Lipinski definition) is 6. The molecular formula is C29H32N6O2. The number of rotatable bonds is 6. The van der Waals surface area contributed by atoms with Crippen LogP contribution < -0.4 is 0 Å². The highest BCUT2D eigenvalue weighted by molar-refractivity contribution is 5.94. The van der Waals surface area contributed by atoms with Gasteiger partial charge in [-0.1, -0.05) is 38.1 Å². The molecule has 1 amide bonds. The monoisotopic (exact) mass is 496 g/mol. The van der Waals surface area contributed by atoms with Crippen LogP contribution in [0.1, 0.15) is 78.9 Å². The molecule has 1 aromatic carbocycles. The largest absolute Gasteiger partial charge is 0.447 e. The van der Waals surface area contributed by atoms with Gasteiger partial charge in [-0.25, -0.2) is 15.0 Å². The molecule has 0 spiro atoms. The number of imidazole rings is 1. The summed E-state index contributed by atoms with van der Waals surface area (Å²) in [5, 5.41) is 0. The fourth-order valence-corrected chi connectivity index (χ4v) is 6.18. The summed E-state index contributed by atoms with van der Waals surface area (Å²) in [6.07, 6.45) is 9.52. The molecule has 0 N–H and O–H groups in total. The molecule has 37 heavy (non-hydrogen) atoms. The van der Waals surface area contributed by atoms with Crippen molar-refractivity contribution in [3.8, 4) is 11.3 Å². The topological polar surface area (TPSA) is 79.8 Å². The van der Waals surface area contributed by atoms with E-state index in [1.54, 1.807) is 6.20 Å². The Morgan fingerprint density at radius 1 is 1.05 bits per heavy atom. The lowest BCUT2D eigenvalue weighted by molar-refractivity contribution is 0.0395. The van der Waals surface area contributed by atoms with E-state index in [2.05, 4.69) is 68.5 Å². The summed E-state index contributed by atoms with van der Waals surface area (Å²) in [7, 11) is 0. The maximum absolute atomic E-state index is 13.6. The Bertz CT molecular complexity index is 1440. The van der Waals surface area contributed by atoms with Crippen molar-refractivity contribution in [2.75, 3.05) is 13.1 Å². The number of oxazole rings is 1. The molecule has 2 bridgehead atoms. The van der Waals surface area contributed by atoms with E-state index < -0.39 is 0 Å². The van der Waals surface area contributed by atoms with E-state index in [4.69, 9.17) is 9.40 Å². The normalized spacial score (nSPS) is 21.9. The first-order valence-electron chi connectivity index (χ1n) is 13.5. The Morgan fingerprint density at radius 3 is 2.51 bits per heavy atom. The molecule has 2 unspecified atom stereocenters. The number of amides is 1. The molecular weight excluding hydrogens is 464 g/mol. The van der Waals surface area contributed by atoms with Crippen molar-refractivity contribution in [1.82, 2.24) is 29.2 Å². The SMILES string of the molecule is CC(C)c1ccc(-c2nc3ncccn3c2CN2CC3CCC(C2)N3C(=O)c2ncoc2C2CC2)cc1. The van der Waals surface area contributed by atoms with Crippen LogP contribution in [0.15, 0.2) is 53.5 Å². The van der Waals surface area contributed by atoms with E-state index in [1.165, 1.54) is 12.0 Å². The lowest BCUT2D eigenvalue weighted by Gasteiger charge is -2.40. The molecule has 190 valence electrons. The molecule has 7 rings (SSSR count). The van der Waals surface area contributed by atoms with Gasteiger partial charge in [0.2, 0.25) is 5.78 Å². The number of fused-ring (bicyclic) bond motifs is 3. The lowest BCUT2D eigenvalue weighted by atomic mass is 10.0. The molecule has 8 nitrogen and oxygen atoms in total. The van der Waals surface area contributed by atoms with Gasteiger partial charge in [0.15, 0.2) is 12.1 Å². The van der Waals surface area contributed by atoms with Crippen LogP contribution in [0.2, 0.25) is 0 Å². The Balaban J connectivity index is 1.15. The standard InChI is InChI=1S/C29H32N6O2/c1-18(2)19-4-6-20(7-5-19)25-24(34-13-3-12-30-29(34)32-25)16-33-14-22-10-11-23(15-33)35(22)28(36)26-27(21-8-9-21)37-17-31-26/h3-7,12-13,17-18,21-23H,8-11,14-16H2,1-2H3. The second kappa shape index (κ2) is 8.80. The zero-order chi connectivity index (χ0) is 25.1. The molecule has 1 saturated carbocycles. The Hall–Kier alpha value is -3.52. The number of nitrogens with zero attached hydrogens (tertiary/aromatic N) is 6. The number of aromatic nitrogens is 4. The van der Waals surface area contributed by atoms with Gasteiger partial charge in [-0.15, -0.1) is 0 Å². The van der Waals surface area contributed by atoms with Crippen molar-refractivity contribution in [1.29, 1.82) is 0 Å². The highest BCUT2D eigenvalue weighted by Gasteiger charge is 2.45. The van der Waals surface area contributed by atoms with Crippen molar-refractivity contribution in [3.63, 3.8) is 0 Å². The van der Waals surface area contributed by atoms with E-state index in [-0.39, 0.29) is 18.0 Å². The van der Waals surface area contributed by atoms with Gasteiger partial charge in [0.05, 0.1) is 11.4 Å². The zero-order valence-corrected chi connectivity index (χ0v) is 21.4. The summed E-state index contributed by atoms with van der Waals surface area (Å²) in [5.74, 6) is 2.42. The second-order valence-electron chi connectivity index (χ2n) is 11.1. The van der Waals surface area contributed by atoms with E-state index in [0.29, 0.717) is 17.5 Å².